The number of hydrogen-bond donors (Lipinski definition) is 1. The molecule has 1 N–H and O–H groups in total. The van der Waals surface area contributed by atoms with E-state index in [2.05, 4.69) is 5.10 Å². The molecule has 3 nitrogen and oxygen atoms in total. The molecule has 0 radical (unpaired) electrons. The summed E-state index contributed by atoms with van der Waals surface area (Å²) in [6, 6.07) is 7.37. The van der Waals surface area contributed by atoms with Gasteiger partial charge in [-0.1, -0.05) is 18.2 Å². The van der Waals surface area contributed by atoms with Crippen LogP contribution in [0.15, 0.2) is 24.3 Å². The van der Waals surface area contributed by atoms with E-state index < -0.39 is 12.8 Å². The van der Waals surface area contributed by atoms with Crippen LogP contribution in [-0.2, 0) is 7.05 Å². The van der Waals surface area contributed by atoms with Gasteiger partial charge in [0.1, 0.15) is 12.8 Å². The Labute approximate surface area is 80.8 Å². The predicted octanol–water partition coefficient (Wildman–Crippen LogP) is 1.58. The molecule has 4 heteroatoms. The van der Waals surface area contributed by atoms with Gasteiger partial charge >= 0.3 is 0 Å². The molecule has 0 amide bonds. The number of benzene rings is 1. The maximum atomic E-state index is 12.4. The average molecular weight is 194 g/mol. The van der Waals surface area contributed by atoms with Crippen molar-refractivity contribution in [2.45, 2.75) is 6.10 Å². The lowest BCUT2D eigenvalue weighted by Crippen LogP contribution is -2.06. The lowest BCUT2D eigenvalue weighted by Gasteiger charge is -2.06. The van der Waals surface area contributed by atoms with Gasteiger partial charge in [0.05, 0.1) is 11.2 Å². The molecular formula is C10H11FN2O. The molecule has 1 atom stereocenters. The highest BCUT2D eigenvalue weighted by molar-refractivity contribution is 5.81. The molecule has 0 spiro atoms. The highest BCUT2D eigenvalue weighted by atomic mass is 19.1. The maximum absolute atomic E-state index is 12.4. The number of hydrogen-bond acceptors (Lipinski definition) is 2. The zero-order chi connectivity index (χ0) is 10.1. The summed E-state index contributed by atoms with van der Waals surface area (Å²) in [5.41, 5.74) is 1.31. The molecule has 2 rings (SSSR count). The first-order chi connectivity index (χ1) is 6.74. The Balaban J connectivity index is 2.67. The second-order valence-corrected chi connectivity index (χ2v) is 3.20. The minimum absolute atomic E-state index is 0.531. The number of nitrogens with zero attached hydrogens (tertiary/aromatic N) is 2. The summed E-state index contributed by atoms with van der Waals surface area (Å²) in [6.07, 6.45) is -1.09. The SMILES string of the molecule is Cn1nc2ccccc2c1C(O)CF. The molecule has 1 aromatic carbocycles. The van der Waals surface area contributed by atoms with Crippen LogP contribution in [-0.4, -0.2) is 21.6 Å². The van der Waals surface area contributed by atoms with Gasteiger partial charge in [-0.25, -0.2) is 4.39 Å². The molecule has 0 fully saturated rings. The van der Waals surface area contributed by atoms with Crippen LogP contribution in [0.4, 0.5) is 4.39 Å². The van der Waals surface area contributed by atoms with Crippen molar-refractivity contribution in [3.05, 3.63) is 30.0 Å². The highest BCUT2D eigenvalue weighted by Crippen LogP contribution is 2.23. The number of aromatic nitrogens is 2. The maximum Gasteiger partial charge on any atom is 0.124 e. The van der Waals surface area contributed by atoms with Gasteiger partial charge in [-0.05, 0) is 6.07 Å². The minimum atomic E-state index is -1.09. The van der Waals surface area contributed by atoms with Gasteiger partial charge in [0.2, 0.25) is 0 Å². The van der Waals surface area contributed by atoms with Crippen molar-refractivity contribution >= 4 is 10.9 Å². The summed E-state index contributed by atoms with van der Waals surface area (Å²) >= 11 is 0. The fraction of sp³-hybridized carbons (Fsp3) is 0.300. The predicted molar refractivity (Wildman–Crippen MR) is 51.6 cm³/mol. The van der Waals surface area contributed by atoms with Crippen molar-refractivity contribution in [2.24, 2.45) is 7.05 Å². The smallest absolute Gasteiger partial charge is 0.124 e. The molecule has 0 bridgehead atoms. The van der Waals surface area contributed by atoms with Gasteiger partial charge in [0.25, 0.3) is 0 Å². The van der Waals surface area contributed by atoms with E-state index in [1.165, 1.54) is 4.68 Å². The van der Waals surface area contributed by atoms with Gasteiger partial charge in [-0.2, -0.15) is 5.10 Å². The number of aryl methyl sites for hydroxylation is 1. The Morgan fingerprint density at radius 2 is 2.21 bits per heavy atom. The lowest BCUT2D eigenvalue weighted by molar-refractivity contribution is 0.134. The monoisotopic (exact) mass is 194 g/mol. The normalized spacial score (nSPS) is 13.4. The topological polar surface area (TPSA) is 38.0 Å². The van der Waals surface area contributed by atoms with E-state index in [1.807, 2.05) is 24.3 Å². The fourth-order valence-electron chi connectivity index (χ4n) is 1.64. The van der Waals surface area contributed by atoms with Gasteiger partial charge in [0.15, 0.2) is 0 Å². The van der Waals surface area contributed by atoms with Gasteiger partial charge < -0.3 is 5.11 Å². The molecule has 1 aromatic heterocycles. The van der Waals surface area contributed by atoms with Crippen LogP contribution in [0.25, 0.3) is 10.9 Å². The Bertz CT molecular complexity index is 452. The number of aliphatic hydroxyl groups excluding tert-OH is 1. The van der Waals surface area contributed by atoms with E-state index in [-0.39, 0.29) is 0 Å². The van der Waals surface area contributed by atoms with Crippen LogP contribution < -0.4 is 0 Å². The van der Waals surface area contributed by atoms with Crippen LogP contribution in [0, 0.1) is 0 Å². The van der Waals surface area contributed by atoms with Crippen molar-refractivity contribution in [3.8, 4) is 0 Å². The van der Waals surface area contributed by atoms with Crippen LogP contribution in [0.2, 0.25) is 0 Å². The number of aliphatic hydroxyl groups is 1. The van der Waals surface area contributed by atoms with E-state index in [9.17, 15) is 9.50 Å². The molecule has 0 aliphatic carbocycles. The van der Waals surface area contributed by atoms with E-state index >= 15 is 0 Å². The molecule has 0 aliphatic heterocycles. The Hall–Kier alpha value is -1.42. The standard InChI is InChI=1S/C10H11FN2O/c1-13-10(9(14)6-11)7-4-2-3-5-8(7)12-13/h2-5,9,14H,6H2,1H3. The van der Waals surface area contributed by atoms with Crippen LogP contribution in [0.5, 0.6) is 0 Å². The molecule has 1 heterocycles. The number of alkyl halides is 1. The van der Waals surface area contributed by atoms with Crippen LogP contribution in [0.3, 0.4) is 0 Å². The molecule has 2 aromatic rings. The average Bonchev–Trinajstić information content (AvgIpc) is 2.53. The zero-order valence-corrected chi connectivity index (χ0v) is 7.81. The van der Waals surface area contributed by atoms with Crippen LogP contribution in [0.1, 0.15) is 11.8 Å². The molecule has 0 aliphatic rings. The lowest BCUT2D eigenvalue weighted by atomic mass is 10.1. The number of rotatable bonds is 2. The first-order valence-corrected chi connectivity index (χ1v) is 4.39. The number of halogens is 1. The number of fused-ring (bicyclic) bond motifs is 1. The minimum Gasteiger partial charge on any atom is -0.384 e. The largest absolute Gasteiger partial charge is 0.384 e. The Kier molecular flexibility index (Phi) is 2.21. The molecule has 0 saturated carbocycles. The molecular weight excluding hydrogens is 183 g/mol. The third-order valence-electron chi connectivity index (χ3n) is 2.25. The summed E-state index contributed by atoms with van der Waals surface area (Å²) in [5.74, 6) is 0. The molecule has 1 unspecified atom stereocenters. The van der Waals surface area contributed by atoms with E-state index in [0.717, 1.165) is 10.9 Å². The Morgan fingerprint density at radius 3 is 2.93 bits per heavy atom. The van der Waals surface area contributed by atoms with Crippen molar-refractivity contribution in [2.75, 3.05) is 6.67 Å². The van der Waals surface area contributed by atoms with Crippen LogP contribution >= 0.6 is 0 Å². The second kappa shape index (κ2) is 3.38. The molecule has 74 valence electrons. The first-order valence-electron chi connectivity index (χ1n) is 4.39. The zero-order valence-electron chi connectivity index (χ0n) is 7.81. The summed E-state index contributed by atoms with van der Waals surface area (Å²) in [5, 5.41) is 14.4. The fourth-order valence-corrected chi connectivity index (χ4v) is 1.64. The van der Waals surface area contributed by atoms with Crippen molar-refractivity contribution in [1.29, 1.82) is 0 Å². The molecule has 0 saturated heterocycles. The highest BCUT2D eigenvalue weighted by Gasteiger charge is 2.16. The van der Waals surface area contributed by atoms with E-state index in [0.29, 0.717) is 5.69 Å². The van der Waals surface area contributed by atoms with E-state index in [1.54, 1.807) is 7.05 Å². The van der Waals surface area contributed by atoms with Gasteiger partial charge in [0, 0.05) is 12.4 Å². The Morgan fingerprint density at radius 1 is 1.50 bits per heavy atom. The summed E-state index contributed by atoms with van der Waals surface area (Å²) in [7, 11) is 1.70. The first kappa shape index (κ1) is 9.15. The van der Waals surface area contributed by atoms with Gasteiger partial charge in [-0.15, -0.1) is 0 Å². The summed E-state index contributed by atoms with van der Waals surface area (Å²) < 4.78 is 13.9. The quantitative estimate of drug-likeness (QED) is 0.788. The molecule has 14 heavy (non-hydrogen) atoms. The van der Waals surface area contributed by atoms with Gasteiger partial charge in [-0.3, -0.25) is 4.68 Å². The van der Waals surface area contributed by atoms with Crippen molar-refractivity contribution < 1.29 is 9.50 Å². The van der Waals surface area contributed by atoms with Crippen molar-refractivity contribution in [1.82, 2.24) is 9.78 Å². The summed E-state index contributed by atoms with van der Waals surface area (Å²) in [6.45, 7) is -0.788. The van der Waals surface area contributed by atoms with E-state index in [4.69, 9.17) is 0 Å². The third-order valence-corrected chi connectivity index (χ3v) is 2.25. The second-order valence-electron chi connectivity index (χ2n) is 3.20. The van der Waals surface area contributed by atoms with Crippen molar-refractivity contribution in [3.63, 3.8) is 0 Å². The third kappa shape index (κ3) is 1.28. The summed E-state index contributed by atoms with van der Waals surface area (Å²) in [4.78, 5) is 0.